The zero-order chi connectivity index (χ0) is 14.0. The van der Waals surface area contributed by atoms with Crippen molar-refractivity contribution in [3.8, 4) is 0 Å². The molecule has 1 amide bonds. The van der Waals surface area contributed by atoms with Crippen molar-refractivity contribution in [2.45, 2.75) is 31.2 Å². The van der Waals surface area contributed by atoms with Gasteiger partial charge in [0.15, 0.2) is 0 Å². The fourth-order valence-electron chi connectivity index (χ4n) is 2.69. The highest BCUT2D eigenvalue weighted by molar-refractivity contribution is 5.78. The van der Waals surface area contributed by atoms with Crippen LogP contribution in [0.5, 0.6) is 0 Å². The number of ether oxygens (including phenoxy) is 1. The molecule has 2 N–H and O–H groups in total. The van der Waals surface area contributed by atoms with Crippen LogP contribution in [0.2, 0.25) is 0 Å². The van der Waals surface area contributed by atoms with Crippen molar-refractivity contribution in [2.75, 3.05) is 26.3 Å². The van der Waals surface area contributed by atoms with Crippen LogP contribution in [0.4, 0.5) is 0 Å². The van der Waals surface area contributed by atoms with Crippen molar-refractivity contribution in [2.24, 2.45) is 5.73 Å². The van der Waals surface area contributed by atoms with Crippen LogP contribution in [-0.2, 0) is 22.4 Å². The molecule has 108 valence electrons. The number of carbonyl (C=O) groups excluding carboxylic acids is 1. The van der Waals surface area contributed by atoms with Crippen molar-refractivity contribution in [1.29, 1.82) is 0 Å². The molecule has 0 aromatic heterocycles. The highest BCUT2D eigenvalue weighted by Gasteiger charge is 2.37. The molecule has 1 saturated heterocycles. The Morgan fingerprint density at radius 2 is 1.95 bits per heavy atom. The van der Waals surface area contributed by atoms with Gasteiger partial charge in [-0.15, -0.1) is 0 Å². The third-order valence-electron chi connectivity index (χ3n) is 4.16. The number of hydrogen-bond acceptors (Lipinski definition) is 3. The van der Waals surface area contributed by atoms with Gasteiger partial charge in [0.2, 0.25) is 5.91 Å². The summed E-state index contributed by atoms with van der Waals surface area (Å²) in [6, 6.07) is 8.29. The highest BCUT2D eigenvalue weighted by Crippen LogP contribution is 2.35. The van der Waals surface area contributed by atoms with E-state index < -0.39 is 0 Å². The molecule has 1 aromatic rings. The minimum Gasteiger partial charge on any atom is -0.378 e. The molecule has 0 unspecified atom stereocenters. The molecule has 1 aliphatic carbocycles. The van der Waals surface area contributed by atoms with Crippen LogP contribution in [0.1, 0.15) is 24.0 Å². The van der Waals surface area contributed by atoms with Gasteiger partial charge >= 0.3 is 0 Å². The van der Waals surface area contributed by atoms with E-state index in [1.165, 1.54) is 5.56 Å². The summed E-state index contributed by atoms with van der Waals surface area (Å²) in [5.41, 5.74) is 8.51. The molecule has 2 fully saturated rings. The van der Waals surface area contributed by atoms with Gasteiger partial charge in [-0.2, -0.15) is 0 Å². The molecule has 0 bridgehead atoms. The Bertz CT molecular complexity index is 491. The number of benzene rings is 1. The number of nitrogens with zero attached hydrogens (tertiary/aromatic N) is 1. The molecule has 1 saturated carbocycles. The minimum atomic E-state index is 0.0207. The Labute approximate surface area is 119 Å². The molecule has 0 radical (unpaired) electrons. The van der Waals surface area contributed by atoms with Gasteiger partial charge in [-0.25, -0.2) is 0 Å². The lowest BCUT2D eigenvalue weighted by Crippen LogP contribution is -2.41. The molecule has 2 aliphatic rings. The topological polar surface area (TPSA) is 55.6 Å². The number of nitrogens with two attached hydrogens (primary N) is 1. The predicted octanol–water partition coefficient (Wildman–Crippen LogP) is 1.12. The van der Waals surface area contributed by atoms with Crippen molar-refractivity contribution in [3.63, 3.8) is 0 Å². The van der Waals surface area contributed by atoms with Gasteiger partial charge in [0.1, 0.15) is 0 Å². The second kappa shape index (κ2) is 5.54. The van der Waals surface area contributed by atoms with Crippen LogP contribution in [0, 0.1) is 0 Å². The highest BCUT2D eigenvalue weighted by atomic mass is 16.5. The Balaban J connectivity index is 1.61. The molecule has 4 nitrogen and oxygen atoms in total. The van der Waals surface area contributed by atoms with E-state index in [1.807, 2.05) is 17.0 Å². The molecule has 1 aromatic carbocycles. The van der Waals surface area contributed by atoms with Gasteiger partial charge in [-0.05, 0) is 30.4 Å². The van der Waals surface area contributed by atoms with Crippen molar-refractivity contribution in [1.82, 2.24) is 4.90 Å². The summed E-state index contributed by atoms with van der Waals surface area (Å²) in [5, 5.41) is 0. The van der Waals surface area contributed by atoms with Crippen LogP contribution in [0.25, 0.3) is 0 Å². The lowest BCUT2D eigenvalue weighted by atomic mass is 10.0. The fourth-order valence-corrected chi connectivity index (χ4v) is 2.69. The van der Waals surface area contributed by atoms with E-state index in [4.69, 9.17) is 10.5 Å². The second-order valence-electron chi connectivity index (χ2n) is 6.03. The summed E-state index contributed by atoms with van der Waals surface area (Å²) in [5.74, 6) is 0.194. The Morgan fingerprint density at radius 1 is 1.25 bits per heavy atom. The summed E-state index contributed by atoms with van der Waals surface area (Å²) < 4.78 is 5.27. The van der Waals surface area contributed by atoms with Gasteiger partial charge in [-0.1, -0.05) is 24.3 Å². The van der Waals surface area contributed by atoms with Crippen molar-refractivity contribution >= 4 is 5.91 Å². The maximum absolute atomic E-state index is 12.2. The summed E-state index contributed by atoms with van der Waals surface area (Å²) >= 11 is 0. The molecular weight excluding hydrogens is 252 g/mol. The van der Waals surface area contributed by atoms with Gasteiger partial charge in [0.05, 0.1) is 19.6 Å². The Morgan fingerprint density at radius 3 is 2.65 bits per heavy atom. The molecule has 4 heteroatoms. The summed E-state index contributed by atoms with van der Waals surface area (Å²) in [7, 11) is 0. The first-order valence-electron chi connectivity index (χ1n) is 7.37. The van der Waals surface area contributed by atoms with E-state index in [9.17, 15) is 4.79 Å². The van der Waals surface area contributed by atoms with Crippen LogP contribution >= 0.6 is 0 Å². The number of rotatable bonds is 4. The monoisotopic (exact) mass is 274 g/mol. The summed E-state index contributed by atoms with van der Waals surface area (Å²) in [4.78, 5) is 14.1. The zero-order valence-corrected chi connectivity index (χ0v) is 11.8. The number of carbonyl (C=O) groups is 1. The van der Waals surface area contributed by atoms with E-state index in [1.54, 1.807) is 0 Å². The van der Waals surface area contributed by atoms with E-state index in [-0.39, 0.29) is 11.4 Å². The number of hydrogen-bond donors (Lipinski definition) is 1. The van der Waals surface area contributed by atoms with E-state index in [2.05, 4.69) is 12.1 Å². The van der Waals surface area contributed by atoms with E-state index in [0.29, 0.717) is 32.7 Å². The standard InChI is InChI=1S/C16H22N2O2/c17-16(4-5-16)12-14-3-1-2-13(10-14)11-15(19)18-6-8-20-9-7-18/h1-3,10H,4-9,11-12,17H2. The average molecular weight is 274 g/mol. The summed E-state index contributed by atoms with van der Waals surface area (Å²) in [6.07, 6.45) is 3.63. The normalized spacial score (nSPS) is 20.8. The van der Waals surface area contributed by atoms with Crippen LogP contribution in [0.15, 0.2) is 24.3 Å². The minimum absolute atomic E-state index is 0.0207. The van der Waals surface area contributed by atoms with Crippen LogP contribution < -0.4 is 5.73 Å². The Kier molecular flexibility index (Phi) is 3.76. The number of amides is 1. The average Bonchev–Trinajstić information content (AvgIpc) is 3.17. The van der Waals surface area contributed by atoms with E-state index >= 15 is 0 Å². The van der Waals surface area contributed by atoms with Gasteiger partial charge < -0.3 is 15.4 Å². The van der Waals surface area contributed by atoms with Gasteiger partial charge in [0, 0.05) is 18.6 Å². The van der Waals surface area contributed by atoms with Crippen molar-refractivity contribution in [3.05, 3.63) is 35.4 Å². The fraction of sp³-hybridized carbons (Fsp3) is 0.562. The van der Waals surface area contributed by atoms with Gasteiger partial charge in [0.25, 0.3) is 0 Å². The second-order valence-corrected chi connectivity index (χ2v) is 6.03. The Hall–Kier alpha value is -1.39. The largest absolute Gasteiger partial charge is 0.378 e. The first kappa shape index (κ1) is 13.6. The van der Waals surface area contributed by atoms with Crippen molar-refractivity contribution < 1.29 is 9.53 Å². The molecule has 0 atom stereocenters. The zero-order valence-electron chi connectivity index (χ0n) is 11.8. The van der Waals surface area contributed by atoms with E-state index in [0.717, 1.165) is 24.8 Å². The molecule has 20 heavy (non-hydrogen) atoms. The van der Waals surface area contributed by atoms with Gasteiger partial charge in [-0.3, -0.25) is 4.79 Å². The lowest BCUT2D eigenvalue weighted by molar-refractivity contribution is -0.134. The first-order chi connectivity index (χ1) is 9.65. The van der Waals surface area contributed by atoms with Crippen LogP contribution in [0.3, 0.4) is 0 Å². The third kappa shape index (κ3) is 3.38. The lowest BCUT2D eigenvalue weighted by Gasteiger charge is -2.27. The number of morpholine rings is 1. The smallest absolute Gasteiger partial charge is 0.227 e. The van der Waals surface area contributed by atoms with Crippen LogP contribution in [-0.4, -0.2) is 42.6 Å². The molecule has 0 spiro atoms. The quantitative estimate of drug-likeness (QED) is 0.895. The first-order valence-corrected chi connectivity index (χ1v) is 7.37. The molecule has 3 rings (SSSR count). The SMILES string of the molecule is NC1(Cc2cccc(CC(=O)N3CCOCC3)c2)CC1. The third-order valence-corrected chi connectivity index (χ3v) is 4.16. The maximum Gasteiger partial charge on any atom is 0.227 e. The maximum atomic E-state index is 12.2. The molecular formula is C16H22N2O2. The molecule has 1 aliphatic heterocycles. The molecule has 1 heterocycles. The predicted molar refractivity (Wildman–Crippen MR) is 77.4 cm³/mol. The summed E-state index contributed by atoms with van der Waals surface area (Å²) in [6.45, 7) is 2.73.